The Balaban J connectivity index is 0.000000295. The fraction of sp³-hybridized carbons (Fsp3) is 0.417. The number of hydroxylamine groups is 1. The lowest BCUT2D eigenvalue weighted by atomic mass is 10.1. The van der Waals surface area contributed by atoms with E-state index in [0.29, 0.717) is 12.3 Å². The number of carboxylic acids is 1. The van der Waals surface area contributed by atoms with Crippen LogP contribution in [0.25, 0.3) is 0 Å². The van der Waals surface area contributed by atoms with E-state index < -0.39 is 12.1 Å². The molecule has 3 N–H and O–H groups in total. The summed E-state index contributed by atoms with van der Waals surface area (Å²) in [6.07, 6.45) is -0.760. The van der Waals surface area contributed by atoms with Crippen molar-refractivity contribution in [1.82, 2.24) is 10.5 Å². The van der Waals surface area contributed by atoms with Crippen LogP contribution in [0, 0.1) is 0 Å². The van der Waals surface area contributed by atoms with Gasteiger partial charge in [0, 0.05) is 13.1 Å². The highest BCUT2D eigenvalue weighted by atomic mass is 19.4. The van der Waals surface area contributed by atoms with Crippen molar-refractivity contribution in [2.24, 2.45) is 0 Å². The van der Waals surface area contributed by atoms with E-state index in [0.717, 1.165) is 12.0 Å². The third-order valence-corrected chi connectivity index (χ3v) is 2.46. The molecule has 22 heavy (non-hydrogen) atoms. The smallest absolute Gasteiger partial charge is 0.475 e. The Morgan fingerprint density at radius 1 is 1.45 bits per heavy atom. The molecule has 2 heterocycles. The summed E-state index contributed by atoms with van der Waals surface area (Å²) in [6, 6.07) is 2.08. The van der Waals surface area contributed by atoms with Crippen molar-refractivity contribution in [3.63, 3.8) is 0 Å². The minimum absolute atomic E-state index is 0.0930. The van der Waals surface area contributed by atoms with E-state index in [-0.39, 0.29) is 11.9 Å². The number of hydrogen-bond donors (Lipinski definition) is 3. The van der Waals surface area contributed by atoms with Crippen molar-refractivity contribution in [1.29, 1.82) is 0 Å². The lowest BCUT2D eigenvalue weighted by molar-refractivity contribution is -0.192. The van der Waals surface area contributed by atoms with Gasteiger partial charge < -0.3 is 15.3 Å². The van der Waals surface area contributed by atoms with Crippen molar-refractivity contribution in [3.8, 4) is 0 Å². The second kappa shape index (κ2) is 7.71. The van der Waals surface area contributed by atoms with Crippen molar-refractivity contribution in [3.05, 3.63) is 24.0 Å². The lowest BCUT2D eigenvalue weighted by Crippen LogP contribution is -2.21. The van der Waals surface area contributed by atoms with E-state index in [4.69, 9.17) is 14.7 Å². The average molecular weight is 321 g/mol. The Bertz CT molecular complexity index is 531. The van der Waals surface area contributed by atoms with Crippen LogP contribution in [0.3, 0.4) is 0 Å². The van der Waals surface area contributed by atoms with Gasteiger partial charge in [0.15, 0.2) is 0 Å². The zero-order chi connectivity index (χ0) is 16.8. The molecule has 0 spiro atoms. The molecule has 0 unspecified atom stereocenters. The van der Waals surface area contributed by atoms with Crippen LogP contribution < -0.4 is 10.8 Å². The zero-order valence-electron chi connectivity index (χ0n) is 11.5. The lowest BCUT2D eigenvalue weighted by Gasteiger charge is -2.09. The van der Waals surface area contributed by atoms with Crippen LogP contribution >= 0.6 is 0 Å². The van der Waals surface area contributed by atoms with Gasteiger partial charge in [-0.05, 0) is 18.1 Å². The van der Waals surface area contributed by atoms with E-state index in [9.17, 15) is 18.0 Å². The summed E-state index contributed by atoms with van der Waals surface area (Å²) in [7, 11) is 0. The van der Waals surface area contributed by atoms with Crippen LogP contribution in [0.15, 0.2) is 18.5 Å². The van der Waals surface area contributed by atoms with Gasteiger partial charge in [-0.1, -0.05) is 0 Å². The summed E-state index contributed by atoms with van der Waals surface area (Å²) < 4.78 is 31.7. The number of carboxylic acid groups (broad SMARTS) is 1. The number of amides is 1. The fourth-order valence-corrected chi connectivity index (χ4v) is 1.55. The summed E-state index contributed by atoms with van der Waals surface area (Å²) in [6.45, 7) is 2.18. The van der Waals surface area contributed by atoms with Gasteiger partial charge in [0.1, 0.15) is 0 Å². The van der Waals surface area contributed by atoms with Gasteiger partial charge in [0.05, 0.1) is 24.5 Å². The highest BCUT2D eigenvalue weighted by Gasteiger charge is 2.38. The van der Waals surface area contributed by atoms with Gasteiger partial charge in [0.25, 0.3) is 0 Å². The predicted molar refractivity (Wildman–Crippen MR) is 68.7 cm³/mol. The Labute approximate surface area is 123 Å². The van der Waals surface area contributed by atoms with Crippen LogP contribution in [0.4, 0.5) is 18.9 Å². The van der Waals surface area contributed by atoms with E-state index in [1.165, 1.54) is 6.92 Å². The molecular weight excluding hydrogens is 307 g/mol. The molecule has 1 aliphatic rings. The predicted octanol–water partition coefficient (Wildman–Crippen LogP) is 1.64. The van der Waals surface area contributed by atoms with Gasteiger partial charge >= 0.3 is 12.1 Å². The molecule has 122 valence electrons. The first kappa shape index (κ1) is 17.9. The van der Waals surface area contributed by atoms with Crippen LogP contribution in [-0.2, 0) is 14.4 Å². The SMILES string of the molecule is CC(=O)Nc1cncc([C@@H]2CCON2)c1.O=C(O)C(F)(F)F. The molecule has 7 nitrogen and oxygen atoms in total. The van der Waals surface area contributed by atoms with E-state index in [1.807, 2.05) is 6.07 Å². The molecule has 1 aromatic heterocycles. The highest BCUT2D eigenvalue weighted by Crippen LogP contribution is 2.22. The summed E-state index contributed by atoms with van der Waals surface area (Å²) >= 11 is 0. The number of aromatic nitrogens is 1. The fourth-order valence-electron chi connectivity index (χ4n) is 1.55. The number of halogens is 3. The Morgan fingerprint density at radius 3 is 2.55 bits per heavy atom. The molecule has 1 atom stereocenters. The van der Waals surface area contributed by atoms with Crippen LogP contribution in [0.2, 0.25) is 0 Å². The van der Waals surface area contributed by atoms with Crippen molar-refractivity contribution in [2.75, 3.05) is 11.9 Å². The molecule has 0 aromatic carbocycles. The van der Waals surface area contributed by atoms with Gasteiger partial charge in [0.2, 0.25) is 5.91 Å². The first-order chi connectivity index (χ1) is 10.2. The Hall–Kier alpha value is -2.20. The number of rotatable bonds is 2. The van der Waals surface area contributed by atoms with Crippen molar-refractivity contribution in [2.45, 2.75) is 25.6 Å². The number of alkyl halides is 3. The van der Waals surface area contributed by atoms with Gasteiger partial charge in [-0.25, -0.2) is 4.79 Å². The topological polar surface area (TPSA) is 101 Å². The minimum Gasteiger partial charge on any atom is -0.475 e. The monoisotopic (exact) mass is 321 g/mol. The molecule has 1 fully saturated rings. The maximum Gasteiger partial charge on any atom is 0.490 e. The number of pyridine rings is 1. The largest absolute Gasteiger partial charge is 0.490 e. The molecule has 0 saturated carbocycles. The van der Waals surface area contributed by atoms with E-state index in [1.54, 1.807) is 12.4 Å². The second-order valence-electron chi connectivity index (χ2n) is 4.30. The minimum atomic E-state index is -5.08. The Morgan fingerprint density at radius 2 is 2.09 bits per heavy atom. The quantitative estimate of drug-likeness (QED) is 0.765. The van der Waals surface area contributed by atoms with Crippen molar-refractivity contribution >= 4 is 17.6 Å². The summed E-state index contributed by atoms with van der Waals surface area (Å²) in [5.74, 6) is -2.85. The zero-order valence-corrected chi connectivity index (χ0v) is 11.5. The molecule has 1 saturated heterocycles. The first-order valence-electron chi connectivity index (χ1n) is 6.10. The van der Waals surface area contributed by atoms with Gasteiger partial charge in [-0.3, -0.25) is 9.78 Å². The molecule has 1 aliphatic heterocycles. The van der Waals surface area contributed by atoms with Crippen LogP contribution in [0.5, 0.6) is 0 Å². The second-order valence-corrected chi connectivity index (χ2v) is 4.30. The first-order valence-corrected chi connectivity index (χ1v) is 6.10. The van der Waals surface area contributed by atoms with Crippen molar-refractivity contribution < 1.29 is 32.7 Å². The van der Waals surface area contributed by atoms with Crippen LogP contribution in [-0.4, -0.2) is 34.8 Å². The number of nitrogens with one attached hydrogen (secondary N) is 2. The standard InChI is InChI=1S/C10H13N3O2.C2HF3O2/c1-7(14)12-9-4-8(5-11-6-9)10-2-3-15-13-10;3-2(4,5)1(6)7/h4-6,10,13H,2-3H2,1H3,(H,12,14);(H,6,7)/t10-;/m0./s1. The summed E-state index contributed by atoms with van der Waals surface area (Å²) in [5, 5.41) is 9.82. The average Bonchev–Trinajstić information content (AvgIpc) is 2.91. The van der Waals surface area contributed by atoms with Crippen LogP contribution in [0.1, 0.15) is 24.9 Å². The summed E-state index contributed by atoms with van der Waals surface area (Å²) in [5.41, 5.74) is 4.64. The highest BCUT2D eigenvalue weighted by molar-refractivity contribution is 5.88. The molecule has 1 amide bonds. The number of carbonyl (C=O) groups is 2. The number of aliphatic carboxylic acids is 1. The molecule has 0 radical (unpaired) electrons. The molecule has 0 aliphatic carbocycles. The van der Waals surface area contributed by atoms with E-state index >= 15 is 0 Å². The maximum absolute atomic E-state index is 10.9. The summed E-state index contributed by atoms with van der Waals surface area (Å²) in [4.78, 5) is 28.9. The maximum atomic E-state index is 10.9. The molecule has 0 bridgehead atoms. The Kier molecular flexibility index (Phi) is 6.25. The molecule has 2 rings (SSSR count). The number of anilines is 1. The normalized spacial score (nSPS) is 17.4. The molecule has 1 aromatic rings. The number of nitrogens with zero attached hydrogens (tertiary/aromatic N) is 1. The van der Waals surface area contributed by atoms with Gasteiger partial charge in [-0.2, -0.15) is 18.7 Å². The number of hydrogen-bond acceptors (Lipinski definition) is 5. The van der Waals surface area contributed by atoms with Gasteiger partial charge in [-0.15, -0.1) is 0 Å². The van der Waals surface area contributed by atoms with E-state index in [2.05, 4.69) is 15.8 Å². The molecular formula is C12H14F3N3O4. The third kappa shape index (κ3) is 6.06. The number of carbonyl (C=O) groups excluding carboxylic acids is 1. The molecule has 10 heteroatoms. The third-order valence-electron chi connectivity index (χ3n) is 2.46.